The molecule has 1 amide bonds. The van der Waals surface area contributed by atoms with E-state index in [1.165, 1.54) is 11.0 Å². The van der Waals surface area contributed by atoms with E-state index in [9.17, 15) is 10.1 Å². The van der Waals surface area contributed by atoms with Crippen LogP contribution in [0.5, 0.6) is 11.5 Å². The Morgan fingerprint density at radius 3 is 2.56 bits per heavy atom. The van der Waals surface area contributed by atoms with Crippen LogP contribution in [0.3, 0.4) is 0 Å². The van der Waals surface area contributed by atoms with Crippen LogP contribution in [0.2, 0.25) is 0 Å². The van der Waals surface area contributed by atoms with Crippen molar-refractivity contribution in [1.82, 2.24) is 4.90 Å². The zero-order valence-electron chi connectivity index (χ0n) is 14.7. The van der Waals surface area contributed by atoms with Gasteiger partial charge >= 0.3 is 0 Å². The molecule has 0 radical (unpaired) electrons. The number of amides is 1. The summed E-state index contributed by atoms with van der Waals surface area (Å²) in [5, 5.41) is 18.0. The Balaban J connectivity index is 3.47. The Labute approximate surface area is 148 Å². The summed E-state index contributed by atoms with van der Waals surface area (Å²) in [6.45, 7) is 5.85. The van der Waals surface area contributed by atoms with Crippen molar-refractivity contribution in [1.29, 1.82) is 10.5 Å². The molecule has 0 N–H and O–H groups in total. The largest absolute Gasteiger partial charge is 0.490 e. The molecule has 0 bridgehead atoms. The highest BCUT2D eigenvalue weighted by atomic mass is 16.5. The molecule has 0 spiro atoms. The maximum Gasteiger partial charge on any atom is 0.264 e. The molecule has 0 heterocycles. The van der Waals surface area contributed by atoms with Crippen LogP contribution in [0, 0.1) is 22.7 Å². The van der Waals surface area contributed by atoms with E-state index < -0.39 is 0 Å². The van der Waals surface area contributed by atoms with Crippen molar-refractivity contribution in [2.45, 2.75) is 13.3 Å². The van der Waals surface area contributed by atoms with Gasteiger partial charge in [0, 0.05) is 19.7 Å². The maximum absolute atomic E-state index is 12.0. The molecule has 1 aromatic rings. The van der Waals surface area contributed by atoms with Gasteiger partial charge in [-0.3, -0.25) is 4.79 Å². The van der Waals surface area contributed by atoms with Gasteiger partial charge in [0.25, 0.3) is 5.91 Å². The lowest BCUT2D eigenvalue weighted by Gasteiger charge is -2.15. The van der Waals surface area contributed by atoms with Gasteiger partial charge in [-0.2, -0.15) is 10.5 Å². The first-order chi connectivity index (χ1) is 12.0. The number of hydrogen-bond donors (Lipinski definition) is 0. The first-order valence-corrected chi connectivity index (χ1v) is 7.72. The van der Waals surface area contributed by atoms with Crippen molar-refractivity contribution in [3.8, 4) is 23.6 Å². The van der Waals surface area contributed by atoms with Crippen LogP contribution in [0.1, 0.15) is 18.1 Å². The fourth-order valence-corrected chi connectivity index (χ4v) is 2.15. The van der Waals surface area contributed by atoms with Gasteiger partial charge in [-0.15, -0.1) is 6.58 Å². The average Bonchev–Trinajstić information content (AvgIpc) is 2.58. The molecule has 0 aliphatic heterocycles. The lowest BCUT2D eigenvalue weighted by atomic mass is 10.0. The second kappa shape index (κ2) is 9.79. The van der Waals surface area contributed by atoms with E-state index in [1.54, 1.807) is 32.3 Å². The summed E-state index contributed by atoms with van der Waals surface area (Å²) in [5.41, 5.74) is 1.41. The number of hydrogen-bond acceptors (Lipinski definition) is 5. The number of carbonyl (C=O) groups is 1. The van der Waals surface area contributed by atoms with E-state index in [0.717, 1.165) is 5.56 Å². The van der Waals surface area contributed by atoms with E-state index in [4.69, 9.17) is 14.7 Å². The lowest BCUT2D eigenvalue weighted by Crippen LogP contribution is -2.22. The molecule has 0 unspecified atom stereocenters. The highest BCUT2D eigenvalue weighted by Gasteiger charge is 2.15. The summed E-state index contributed by atoms with van der Waals surface area (Å²) in [6.07, 6.45) is 3.70. The molecule has 6 nitrogen and oxygen atoms in total. The van der Waals surface area contributed by atoms with Crippen molar-refractivity contribution in [2.75, 3.05) is 27.3 Å². The van der Waals surface area contributed by atoms with Crippen LogP contribution in [0.25, 0.3) is 6.08 Å². The van der Waals surface area contributed by atoms with Crippen LogP contribution >= 0.6 is 0 Å². The third kappa shape index (κ3) is 5.40. The van der Waals surface area contributed by atoms with Gasteiger partial charge < -0.3 is 14.4 Å². The van der Waals surface area contributed by atoms with E-state index in [-0.39, 0.29) is 18.1 Å². The Bertz CT molecular complexity index is 752. The smallest absolute Gasteiger partial charge is 0.264 e. The average molecular weight is 339 g/mol. The van der Waals surface area contributed by atoms with E-state index >= 15 is 0 Å². The Morgan fingerprint density at radius 1 is 1.32 bits per heavy atom. The van der Waals surface area contributed by atoms with Gasteiger partial charge in [0.05, 0.1) is 6.61 Å². The first kappa shape index (κ1) is 19.8. The summed E-state index contributed by atoms with van der Waals surface area (Å²) in [4.78, 5) is 13.4. The number of nitriles is 2. The molecule has 0 saturated carbocycles. The predicted octanol–water partition coefficient (Wildman–Crippen LogP) is 2.71. The normalized spacial score (nSPS) is 10.4. The van der Waals surface area contributed by atoms with Crippen LogP contribution < -0.4 is 9.47 Å². The monoisotopic (exact) mass is 339 g/mol. The van der Waals surface area contributed by atoms with Gasteiger partial charge in [0.15, 0.2) is 18.1 Å². The Hall–Kier alpha value is -3.25. The second-order valence-corrected chi connectivity index (χ2v) is 5.25. The molecule has 0 aliphatic carbocycles. The first-order valence-electron chi connectivity index (χ1n) is 7.72. The molecule has 0 aliphatic rings. The van der Waals surface area contributed by atoms with Gasteiger partial charge in [0.2, 0.25) is 0 Å². The van der Waals surface area contributed by atoms with Crippen LogP contribution in [0.4, 0.5) is 0 Å². The second-order valence-electron chi connectivity index (χ2n) is 5.25. The van der Waals surface area contributed by atoms with Crippen LogP contribution in [-0.2, 0) is 11.2 Å². The third-order valence-corrected chi connectivity index (χ3v) is 3.17. The predicted molar refractivity (Wildman–Crippen MR) is 94.9 cm³/mol. The van der Waals surface area contributed by atoms with Gasteiger partial charge in [-0.1, -0.05) is 6.08 Å². The van der Waals surface area contributed by atoms with Crippen molar-refractivity contribution in [2.24, 2.45) is 0 Å². The fraction of sp³-hybridized carbons (Fsp3) is 0.316. The lowest BCUT2D eigenvalue weighted by molar-refractivity contribution is -0.124. The summed E-state index contributed by atoms with van der Waals surface area (Å²) in [7, 11) is 3.17. The zero-order chi connectivity index (χ0) is 18.8. The summed E-state index contributed by atoms with van der Waals surface area (Å²) < 4.78 is 11.1. The molecular weight excluding hydrogens is 318 g/mol. The van der Waals surface area contributed by atoms with Gasteiger partial charge in [-0.05, 0) is 37.1 Å². The number of rotatable bonds is 8. The van der Waals surface area contributed by atoms with Crippen molar-refractivity contribution < 1.29 is 14.3 Å². The number of carbonyl (C=O) groups excluding carboxylic acids is 1. The molecular formula is C19H21N3O3. The zero-order valence-corrected chi connectivity index (χ0v) is 14.7. The van der Waals surface area contributed by atoms with Gasteiger partial charge in [0.1, 0.15) is 17.7 Å². The number of likely N-dealkylation sites (N-methyl/N-ethyl adjacent to an activating group) is 1. The van der Waals surface area contributed by atoms with Gasteiger partial charge in [-0.25, -0.2) is 0 Å². The quantitative estimate of drug-likeness (QED) is 0.413. The van der Waals surface area contributed by atoms with Crippen molar-refractivity contribution in [3.05, 3.63) is 41.5 Å². The Kier molecular flexibility index (Phi) is 7.75. The third-order valence-electron chi connectivity index (χ3n) is 3.17. The molecule has 1 rings (SSSR count). The molecule has 0 atom stereocenters. The van der Waals surface area contributed by atoms with Crippen molar-refractivity contribution in [3.63, 3.8) is 0 Å². The molecule has 6 heteroatoms. The fourth-order valence-electron chi connectivity index (χ4n) is 2.15. The molecule has 130 valence electrons. The van der Waals surface area contributed by atoms with Crippen LogP contribution in [-0.4, -0.2) is 38.1 Å². The van der Waals surface area contributed by atoms with E-state index in [1.807, 2.05) is 19.1 Å². The minimum absolute atomic E-state index is 0.0164. The standard InChI is InChI=1S/C19H21N3O3/c1-5-7-15-10-14(11-16(13-21)19(23)22(3)4)12-17(24-6-2)18(15)25-9-8-20/h5,10-12H,1,6-7,9H2,2-4H3/b16-11-. The summed E-state index contributed by atoms with van der Waals surface area (Å²) in [6, 6.07) is 7.32. The minimum Gasteiger partial charge on any atom is -0.490 e. The van der Waals surface area contributed by atoms with E-state index in [0.29, 0.717) is 30.1 Å². The molecule has 0 saturated heterocycles. The van der Waals surface area contributed by atoms with Crippen LogP contribution in [0.15, 0.2) is 30.4 Å². The van der Waals surface area contributed by atoms with E-state index in [2.05, 4.69) is 6.58 Å². The highest BCUT2D eigenvalue weighted by Crippen LogP contribution is 2.34. The Morgan fingerprint density at radius 2 is 2.04 bits per heavy atom. The topological polar surface area (TPSA) is 86.3 Å². The number of ether oxygens (including phenoxy) is 2. The molecule has 0 fully saturated rings. The minimum atomic E-state index is -0.379. The summed E-state index contributed by atoms with van der Waals surface area (Å²) >= 11 is 0. The maximum atomic E-state index is 12.0. The molecule has 0 aromatic heterocycles. The molecule has 25 heavy (non-hydrogen) atoms. The highest BCUT2D eigenvalue weighted by molar-refractivity contribution is 6.01. The summed E-state index contributed by atoms with van der Waals surface area (Å²) in [5.74, 6) is 0.548. The van der Waals surface area contributed by atoms with Crippen molar-refractivity contribution >= 4 is 12.0 Å². The number of allylic oxidation sites excluding steroid dienone is 1. The SMILES string of the molecule is C=CCc1cc(/C=C(/C#N)C(=O)N(C)C)cc(OCC)c1OCC#N. The number of nitrogens with zero attached hydrogens (tertiary/aromatic N) is 3. The molecule has 1 aromatic carbocycles. The number of benzene rings is 1.